The lowest BCUT2D eigenvalue weighted by atomic mass is 9.86. The van der Waals surface area contributed by atoms with E-state index in [4.69, 9.17) is 25.7 Å². The third-order valence-electron chi connectivity index (χ3n) is 4.69. The highest BCUT2D eigenvalue weighted by Gasteiger charge is 2.29. The molecule has 0 unspecified atom stereocenters. The number of nitrogens with one attached hydrogen (secondary N) is 1. The molecule has 2 heterocycles. The van der Waals surface area contributed by atoms with Crippen LogP contribution in [-0.4, -0.2) is 29.3 Å². The maximum absolute atomic E-state index is 12.4. The predicted molar refractivity (Wildman–Crippen MR) is 104 cm³/mol. The zero-order valence-electron chi connectivity index (χ0n) is 16.0. The van der Waals surface area contributed by atoms with Gasteiger partial charge in [0.1, 0.15) is 11.6 Å². The van der Waals surface area contributed by atoms with Gasteiger partial charge in [-0.2, -0.15) is 0 Å². The van der Waals surface area contributed by atoms with Crippen molar-refractivity contribution in [1.29, 1.82) is 0 Å². The van der Waals surface area contributed by atoms with Crippen molar-refractivity contribution in [2.75, 3.05) is 17.8 Å². The molecular weight excluding hydrogens is 368 g/mol. The zero-order chi connectivity index (χ0) is 19.6. The summed E-state index contributed by atoms with van der Waals surface area (Å²) in [7, 11) is 0. The van der Waals surface area contributed by atoms with Crippen molar-refractivity contribution in [3.63, 3.8) is 0 Å². The Morgan fingerprint density at radius 3 is 2.59 bits per heavy atom. The Labute approximate surface area is 163 Å². The molecule has 0 saturated heterocycles. The Kier molecular flexibility index (Phi) is 6.05. The quantitative estimate of drug-likeness (QED) is 0.586. The molecule has 0 saturated carbocycles. The van der Waals surface area contributed by atoms with Crippen LogP contribution in [0.5, 0.6) is 0 Å². The second-order valence-electron chi connectivity index (χ2n) is 7.21. The Hall–Kier alpha value is -2.08. The number of hydrogen-bond acceptors (Lipinski definition) is 5. The van der Waals surface area contributed by atoms with Crippen molar-refractivity contribution in [3.8, 4) is 0 Å². The van der Waals surface area contributed by atoms with Crippen LogP contribution in [0.3, 0.4) is 0 Å². The van der Waals surface area contributed by atoms with Gasteiger partial charge in [-0.15, -0.1) is 11.6 Å². The SMILES string of the molecule is CCOC(=O)c1oc2nc(CC(C)C)c3c(c2c1NC(=O)CCl)CCCC3. The molecule has 0 aromatic carbocycles. The minimum Gasteiger partial charge on any atom is -0.460 e. The number of aryl methyl sites for hydroxylation is 1. The molecule has 7 heteroatoms. The van der Waals surface area contributed by atoms with Crippen LogP contribution in [-0.2, 0) is 28.8 Å². The third-order valence-corrected chi connectivity index (χ3v) is 4.94. The second kappa shape index (κ2) is 8.30. The van der Waals surface area contributed by atoms with E-state index in [-0.39, 0.29) is 18.2 Å². The number of nitrogens with zero attached hydrogens (tertiary/aromatic N) is 1. The van der Waals surface area contributed by atoms with Gasteiger partial charge in [0, 0.05) is 5.69 Å². The number of halogens is 1. The van der Waals surface area contributed by atoms with Gasteiger partial charge in [-0.3, -0.25) is 4.79 Å². The Balaban J connectivity index is 2.25. The fraction of sp³-hybridized carbons (Fsp3) is 0.550. The van der Waals surface area contributed by atoms with E-state index in [2.05, 4.69) is 19.2 Å². The van der Waals surface area contributed by atoms with Crippen LogP contribution in [0.25, 0.3) is 11.1 Å². The largest absolute Gasteiger partial charge is 0.460 e. The number of pyridine rings is 1. The number of fused-ring (bicyclic) bond motifs is 3. The highest BCUT2D eigenvalue weighted by Crippen LogP contribution is 2.39. The van der Waals surface area contributed by atoms with Crippen molar-refractivity contribution in [3.05, 3.63) is 22.6 Å². The van der Waals surface area contributed by atoms with E-state index in [1.165, 1.54) is 5.56 Å². The van der Waals surface area contributed by atoms with E-state index >= 15 is 0 Å². The number of esters is 1. The number of rotatable bonds is 6. The molecule has 3 rings (SSSR count). The predicted octanol–water partition coefficient (Wildman–Crippen LogP) is 4.26. The average molecular weight is 393 g/mol. The van der Waals surface area contributed by atoms with Crippen LogP contribution in [0.15, 0.2) is 4.42 Å². The lowest BCUT2D eigenvalue weighted by Gasteiger charge is -2.21. The summed E-state index contributed by atoms with van der Waals surface area (Å²) in [5.74, 6) is -0.796. The molecule has 2 aromatic rings. The van der Waals surface area contributed by atoms with Gasteiger partial charge in [0.15, 0.2) is 0 Å². The molecule has 146 valence electrons. The lowest BCUT2D eigenvalue weighted by Crippen LogP contribution is -2.16. The summed E-state index contributed by atoms with van der Waals surface area (Å²) < 4.78 is 10.9. The molecular formula is C20H25ClN2O4. The highest BCUT2D eigenvalue weighted by atomic mass is 35.5. The summed E-state index contributed by atoms with van der Waals surface area (Å²) >= 11 is 5.66. The first-order chi connectivity index (χ1) is 13.0. The van der Waals surface area contributed by atoms with Crippen LogP contribution in [0.4, 0.5) is 5.69 Å². The van der Waals surface area contributed by atoms with Gasteiger partial charge in [0.25, 0.3) is 0 Å². The first-order valence-electron chi connectivity index (χ1n) is 9.46. The summed E-state index contributed by atoms with van der Waals surface area (Å²) in [6.45, 7) is 6.24. The van der Waals surface area contributed by atoms with Crippen molar-refractivity contribution >= 4 is 40.3 Å². The number of amides is 1. The fourth-order valence-electron chi connectivity index (χ4n) is 3.66. The number of carbonyl (C=O) groups is 2. The van der Waals surface area contributed by atoms with Crippen molar-refractivity contribution in [2.45, 2.75) is 52.9 Å². The normalized spacial score (nSPS) is 13.7. The van der Waals surface area contributed by atoms with E-state index in [1.807, 2.05) is 0 Å². The van der Waals surface area contributed by atoms with Crippen LogP contribution < -0.4 is 5.32 Å². The van der Waals surface area contributed by atoms with Crippen LogP contribution in [0.2, 0.25) is 0 Å². The molecule has 1 aliphatic carbocycles. The number of ether oxygens (including phenoxy) is 1. The Morgan fingerprint density at radius 2 is 1.96 bits per heavy atom. The van der Waals surface area contributed by atoms with Crippen LogP contribution in [0, 0.1) is 5.92 Å². The summed E-state index contributed by atoms with van der Waals surface area (Å²) in [6.07, 6.45) is 4.82. The molecule has 1 N–H and O–H groups in total. The summed E-state index contributed by atoms with van der Waals surface area (Å²) in [5.41, 5.74) is 4.06. The molecule has 1 amide bonds. The van der Waals surface area contributed by atoms with Crippen molar-refractivity contribution in [2.24, 2.45) is 5.92 Å². The summed E-state index contributed by atoms with van der Waals surface area (Å²) in [4.78, 5) is 29.1. The molecule has 0 atom stereocenters. The van der Waals surface area contributed by atoms with Crippen LogP contribution >= 0.6 is 11.6 Å². The summed E-state index contributed by atoms with van der Waals surface area (Å²) in [6, 6.07) is 0. The van der Waals surface area contributed by atoms with E-state index in [1.54, 1.807) is 6.92 Å². The standard InChI is InChI=1S/C20H25ClN2O4/c1-4-26-20(25)18-17(23-15(24)10-21)16-13-8-6-5-7-12(13)14(9-11(2)3)22-19(16)27-18/h11H,4-10H2,1-3H3,(H,23,24). The first-order valence-corrected chi connectivity index (χ1v) is 9.99. The van der Waals surface area contributed by atoms with Crippen LogP contribution in [0.1, 0.15) is 61.0 Å². The molecule has 6 nitrogen and oxygen atoms in total. The maximum Gasteiger partial charge on any atom is 0.376 e. The van der Waals surface area contributed by atoms with Crippen molar-refractivity contribution < 1.29 is 18.7 Å². The number of furan rings is 1. The second-order valence-corrected chi connectivity index (χ2v) is 7.48. The minimum atomic E-state index is -0.615. The number of alkyl halides is 1. The number of anilines is 1. The number of aromatic nitrogens is 1. The van der Waals surface area contributed by atoms with Gasteiger partial charge in [-0.05, 0) is 56.1 Å². The lowest BCUT2D eigenvalue weighted by molar-refractivity contribution is -0.113. The van der Waals surface area contributed by atoms with Gasteiger partial charge < -0.3 is 14.5 Å². The van der Waals surface area contributed by atoms with Gasteiger partial charge in [-0.25, -0.2) is 9.78 Å². The third kappa shape index (κ3) is 3.95. The molecule has 2 aromatic heterocycles. The Morgan fingerprint density at radius 1 is 1.26 bits per heavy atom. The average Bonchev–Trinajstić information content (AvgIpc) is 3.00. The van der Waals surface area contributed by atoms with E-state index < -0.39 is 11.9 Å². The van der Waals surface area contributed by atoms with Gasteiger partial charge in [0.05, 0.1) is 12.0 Å². The molecule has 0 aliphatic heterocycles. The van der Waals surface area contributed by atoms with E-state index in [9.17, 15) is 9.59 Å². The monoisotopic (exact) mass is 392 g/mol. The topological polar surface area (TPSA) is 81.4 Å². The maximum atomic E-state index is 12.4. The molecule has 0 fully saturated rings. The van der Waals surface area contributed by atoms with Gasteiger partial charge in [-0.1, -0.05) is 13.8 Å². The molecule has 0 bridgehead atoms. The van der Waals surface area contributed by atoms with E-state index in [0.717, 1.165) is 43.4 Å². The first kappa shape index (κ1) is 19.7. The van der Waals surface area contributed by atoms with Crippen molar-refractivity contribution in [1.82, 2.24) is 4.98 Å². The zero-order valence-corrected chi connectivity index (χ0v) is 16.7. The molecule has 0 radical (unpaired) electrons. The van der Waals surface area contributed by atoms with Gasteiger partial charge >= 0.3 is 5.97 Å². The Bertz CT molecular complexity index is 873. The molecule has 27 heavy (non-hydrogen) atoms. The number of hydrogen-bond donors (Lipinski definition) is 1. The fourth-order valence-corrected chi connectivity index (χ4v) is 3.72. The molecule has 0 spiro atoms. The highest BCUT2D eigenvalue weighted by molar-refractivity contribution is 6.29. The molecule has 1 aliphatic rings. The van der Waals surface area contributed by atoms with Gasteiger partial charge in [0.2, 0.25) is 17.4 Å². The van der Waals surface area contributed by atoms with E-state index in [0.29, 0.717) is 22.7 Å². The minimum absolute atomic E-state index is 0.0210. The summed E-state index contributed by atoms with van der Waals surface area (Å²) in [5, 5.41) is 3.43. The number of carbonyl (C=O) groups excluding carboxylic acids is 2. The smallest absolute Gasteiger partial charge is 0.376 e.